The zero-order valence-electron chi connectivity index (χ0n) is 29.3. The molecular weight excluding hydrogens is 675 g/mol. The number of fused-ring (bicyclic) bond motifs is 3. The molecule has 0 unspecified atom stereocenters. The first kappa shape index (κ1) is 32.1. The van der Waals surface area contributed by atoms with Crippen molar-refractivity contribution in [1.29, 1.82) is 0 Å². The third kappa shape index (κ3) is 5.42. The van der Waals surface area contributed by atoms with Crippen molar-refractivity contribution in [2.45, 2.75) is 15.2 Å². The van der Waals surface area contributed by atoms with E-state index in [1.54, 1.807) is 0 Å². The Morgan fingerprint density at radius 2 is 0.944 bits per heavy atom. The van der Waals surface area contributed by atoms with E-state index in [2.05, 4.69) is 164 Å². The normalized spacial score (nSPS) is 12.9. The smallest absolute Gasteiger partial charge is 0.160 e. The summed E-state index contributed by atoms with van der Waals surface area (Å²) >= 11 is 1.85. The molecule has 0 aliphatic carbocycles. The maximum Gasteiger partial charge on any atom is 0.160 e. The van der Waals surface area contributed by atoms with E-state index in [4.69, 9.17) is 15.0 Å². The first-order chi connectivity index (χ1) is 26.8. The Labute approximate surface area is 319 Å². The lowest BCUT2D eigenvalue weighted by Crippen LogP contribution is -2.34. The summed E-state index contributed by atoms with van der Waals surface area (Å²) in [5.74, 6) is 0.702. The standard InChI is InChI=1S/C50H33N3S/c1-3-15-34(16-4-1)44-33-45(53-49(52-44)36-17-5-2-6-18-36)38-21-12-24-40(32-38)50(42-26-7-9-28-46(42)54-47-29-10-8-27-43(47)50)39-23-11-20-37(31-39)41-25-13-19-35-22-14-30-51-48(35)41/h1-33H. The van der Waals surface area contributed by atoms with Gasteiger partial charge in [0.25, 0.3) is 0 Å². The molecule has 0 amide bonds. The van der Waals surface area contributed by atoms with Crippen LogP contribution < -0.4 is 0 Å². The fraction of sp³-hybridized carbons (Fsp3) is 0.0200. The Morgan fingerprint density at radius 1 is 0.407 bits per heavy atom. The molecule has 3 heterocycles. The highest BCUT2D eigenvalue weighted by Gasteiger charge is 2.44. The molecule has 10 rings (SSSR count). The van der Waals surface area contributed by atoms with Gasteiger partial charge in [-0.15, -0.1) is 0 Å². The lowest BCUT2D eigenvalue weighted by molar-refractivity contribution is 0.703. The number of hydrogen-bond acceptors (Lipinski definition) is 4. The van der Waals surface area contributed by atoms with Crippen LogP contribution in [0.2, 0.25) is 0 Å². The molecule has 2 aromatic heterocycles. The lowest BCUT2D eigenvalue weighted by Gasteiger charge is -2.42. The van der Waals surface area contributed by atoms with E-state index >= 15 is 0 Å². The predicted octanol–water partition coefficient (Wildman–Crippen LogP) is 12.5. The first-order valence-electron chi connectivity index (χ1n) is 18.2. The molecular formula is C50H33N3S. The largest absolute Gasteiger partial charge is 0.256 e. The minimum atomic E-state index is -0.625. The van der Waals surface area contributed by atoms with Crippen LogP contribution in [0.3, 0.4) is 0 Å². The summed E-state index contributed by atoms with van der Waals surface area (Å²) in [5.41, 5.74) is 12.4. The summed E-state index contributed by atoms with van der Waals surface area (Å²) in [7, 11) is 0. The molecule has 1 aliphatic rings. The number of benzene rings is 7. The number of pyridine rings is 1. The second-order valence-corrected chi connectivity index (χ2v) is 14.7. The molecule has 9 aromatic rings. The van der Waals surface area contributed by atoms with Crippen LogP contribution in [-0.2, 0) is 5.41 Å². The average molecular weight is 708 g/mol. The molecule has 0 saturated carbocycles. The van der Waals surface area contributed by atoms with Crippen LogP contribution in [-0.4, -0.2) is 15.0 Å². The Hall–Kier alpha value is -6.62. The summed E-state index contributed by atoms with van der Waals surface area (Å²) in [4.78, 5) is 17.6. The van der Waals surface area contributed by atoms with Gasteiger partial charge in [0, 0.05) is 43.6 Å². The van der Waals surface area contributed by atoms with Crippen molar-refractivity contribution in [2.24, 2.45) is 0 Å². The minimum Gasteiger partial charge on any atom is -0.256 e. The number of aromatic nitrogens is 3. The van der Waals surface area contributed by atoms with Gasteiger partial charge in [0.2, 0.25) is 0 Å². The van der Waals surface area contributed by atoms with E-state index in [-0.39, 0.29) is 0 Å². The summed E-state index contributed by atoms with van der Waals surface area (Å²) in [6.07, 6.45) is 1.88. The molecule has 0 fully saturated rings. The highest BCUT2D eigenvalue weighted by molar-refractivity contribution is 7.99. The highest BCUT2D eigenvalue weighted by atomic mass is 32.2. The van der Waals surface area contributed by atoms with E-state index < -0.39 is 5.41 Å². The van der Waals surface area contributed by atoms with Crippen LogP contribution in [0.4, 0.5) is 0 Å². The second-order valence-electron chi connectivity index (χ2n) is 13.6. The Bertz CT molecular complexity index is 2710. The number of nitrogens with zero attached hydrogens (tertiary/aromatic N) is 3. The lowest BCUT2D eigenvalue weighted by atomic mass is 9.64. The monoisotopic (exact) mass is 707 g/mol. The van der Waals surface area contributed by atoms with Gasteiger partial charge in [0.15, 0.2) is 5.82 Å². The minimum absolute atomic E-state index is 0.625. The Morgan fingerprint density at radius 3 is 1.65 bits per heavy atom. The fourth-order valence-corrected chi connectivity index (χ4v) is 9.21. The maximum absolute atomic E-state index is 5.23. The van der Waals surface area contributed by atoms with Gasteiger partial charge in [-0.2, -0.15) is 0 Å². The third-order valence-corrected chi connectivity index (χ3v) is 11.6. The van der Waals surface area contributed by atoms with Gasteiger partial charge in [0.05, 0.1) is 22.3 Å². The van der Waals surface area contributed by atoms with Crippen molar-refractivity contribution in [2.75, 3.05) is 0 Å². The van der Waals surface area contributed by atoms with Crippen LogP contribution >= 0.6 is 11.8 Å². The van der Waals surface area contributed by atoms with Crippen LogP contribution in [0.1, 0.15) is 22.3 Å². The van der Waals surface area contributed by atoms with Gasteiger partial charge in [-0.3, -0.25) is 4.98 Å². The number of para-hydroxylation sites is 1. The van der Waals surface area contributed by atoms with Crippen LogP contribution in [0.25, 0.3) is 55.9 Å². The summed E-state index contributed by atoms with van der Waals surface area (Å²) in [6.45, 7) is 0. The zero-order chi connectivity index (χ0) is 35.9. The van der Waals surface area contributed by atoms with Gasteiger partial charge in [-0.1, -0.05) is 169 Å². The van der Waals surface area contributed by atoms with E-state index in [0.717, 1.165) is 50.1 Å². The Balaban J connectivity index is 1.24. The van der Waals surface area contributed by atoms with Crippen LogP contribution in [0.15, 0.2) is 210 Å². The van der Waals surface area contributed by atoms with Gasteiger partial charge in [-0.25, -0.2) is 9.97 Å². The molecule has 54 heavy (non-hydrogen) atoms. The Kier molecular flexibility index (Phi) is 7.97. The SMILES string of the molecule is c1ccc(-c2cc(-c3cccc(C4(c5cccc(-c6cccc7cccnc67)c5)c5ccccc5Sc5ccccc54)c3)nc(-c3ccccc3)n2)cc1. The van der Waals surface area contributed by atoms with Crippen LogP contribution in [0.5, 0.6) is 0 Å². The number of rotatable bonds is 6. The van der Waals surface area contributed by atoms with Gasteiger partial charge < -0.3 is 0 Å². The van der Waals surface area contributed by atoms with Crippen molar-refractivity contribution < 1.29 is 0 Å². The molecule has 0 radical (unpaired) electrons. The van der Waals surface area contributed by atoms with Crippen molar-refractivity contribution in [3.63, 3.8) is 0 Å². The van der Waals surface area contributed by atoms with Crippen molar-refractivity contribution in [3.05, 3.63) is 223 Å². The first-order valence-corrected chi connectivity index (χ1v) is 19.0. The molecule has 7 aromatic carbocycles. The maximum atomic E-state index is 5.23. The average Bonchev–Trinajstić information content (AvgIpc) is 3.26. The van der Waals surface area contributed by atoms with E-state index in [1.165, 1.54) is 32.0 Å². The molecule has 0 N–H and O–H groups in total. The predicted molar refractivity (Wildman–Crippen MR) is 222 cm³/mol. The molecule has 1 aliphatic heterocycles. The molecule has 0 bridgehead atoms. The van der Waals surface area contributed by atoms with Gasteiger partial charge in [-0.05, 0) is 64.2 Å². The van der Waals surface area contributed by atoms with Gasteiger partial charge in [0.1, 0.15) is 0 Å². The molecule has 0 atom stereocenters. The summed E-state index contributed by atoms with van der Waals surface area (Å²) < 4.78 is 0. The fourth-order valence-electron chi connectivity index (χ4n) is 8.02. The van der Waals surface area contributed by atoms with Crippen molar-refractivity contribution in [1.82, 2.24) is 15.0 Å². The second kappa shape index (κ2) is 13.4. The van der Waals surface area contributed by atoms with E-state index in [0.29, 0.717) is 5.82 Å². The van der Waals surface area contributed by atoms with Crippen LogP contribution in [0, 0.1) is 0 Å². The highest BCUT2D eigenvalue weighted by Crippen LogP contribution is 2.56. The van der Waals surface area contributed by atoms with E-state index in [9.17, 15) is 0 Å². The van der Waals surface area contributed by atoms with E-state index in [1.807, 2.05) is 48.3 Å². The molecule has 0 spiro atoms. The quantitative estimate of drug-likeness (QED) is 0.172. The summed E-state index contributed by atoms with van der Waals surface area (Å²) in [5, 5.41) is 1.13. The van der Waals surface area contributed by atoms with Crippen molar-refractivity contribution in [3.8, 4) is 45.0 Å². The molecule has 0 saturated heterocycles. The molecule has 254 valence electrons. The molecule has 3 nitrogen and oxygen atoms in total. The number of hydrogen-bond donors (Lipinski definition) is 0. The third-order valence-electron chi connectivity index (χ3n) is 10.5. The summed E-state index contributed by atoms with van der Waals surface area (Å²) in [6, 6.07) is 69.2. The topological polar surface area (TPSA) is 38.7 Å². The zero-order valence-corrected chi connectivity index (χ0v) is 30.1. The van der Waals surface area contributed by atoms with Crippen molar-refractivity contribution >= 4 is 22.7 Å². The molecule has 4 heteroatoms. The van der Waals surface area contributed by atoms with Gasteiger partial charge >= 0.3 is 0 Å².